The van der Waals surface area contributed by atoms with Gasteiger partial charge < -0.3 is 14.2 Å². The number of benzene rings is 2. The highest BCUT2D eigenvalue weighted by Gasteiger charge is 2.51. The lowest BCUT2D eigenvalue weighted by Gasteiger charge is -2.32. The van der Waals surface area contributed by atoms with Crippen LogP contribution in [-0.2, 0) is 20.6 Å². The molecule has 2 aromatic carbocycles. The van der Waals surface area contributed by atoms with Crippen molar-refractivity contribution in [3.8, 4) is 5.69 Å². The average molecular weight is 461 g/mol. The van der Waals surface area contributed by atoms with Gasteiger partial charge in [-0.2, -0.15) is 0 Å². The summed E-state index contributed by atoms with van der Waals surface area (Å²) in [6.07, 6.45) is 2.02. The first-order valence-electron chi connectivity index (χ1n) is 12.0. The minimum Gasteiger partial charge on any atom is -0.399 e. The second kappa shape index (κ2) is 8.13. The number of likely N-dealkylation sites (tertiary alicyclic amines) is 1. The van der Waals surface area contributed by atoms with Crippen molar-refractivity contribution in [1.29, 1.82) is 0 Å². The second-order valence-electron chi connectivity index (χ2n) is 10.5. The molecule has 34 heavy (non-hydrogen) atoms. The van der Waals surface area contributed by atoms with E-state index in [2.05, 4.69) is 6.92 Å². The molecule has 0 N–H and O–H groups in total. The van der Waals surface area contributed by atoms with Gasteiger partial charge >= 0.3 is 12.8 Å². The third-order valence-electron chi connectivity index (χ3n) is 7.68. The van der Waals surface area contributed by atoms with E-state index in [1.807, 2.05) is 81.1 Å². The molecule has 8 heteroatoms. The summed E-state index contributed by atoms with van der Waals surface area (Å²) in [5.41, 5.74) is 2.12. The van der Waals surface area contributed by atoms with E-state index in [0.29, 0.717) is 0 Å². The predicted octanol–water partition coefficient (Wildman–Crippen LogP) is 3.10. The van der Waals surface area contributed by atoms with Crippen LogP contribution in [0.2, 0.25) is 0 Å². The maximum absolute atomic E-state index is 13.5. The van der Waals surface area contributed by atoms with E-state index in [4.69, 9.17) is 9.31 Å². The zero-order valence-electron chi connectivity index (χ0n) is 20.6. The molecule has 0 saturated carbocycles. The fourth-order valence-corrected chi connectivity index (χ4v) is 4.90. The number of fused-ring (bicyclic) bond motifs is 1. The Morgan fingerprint density at radius 3 is 2.21 bits per heavy atom. The maximum atomic E-state index is 13.5. The molecule has 1 aromatic heterocycles. The Labute approximate surface area is 200 Å². The Balaban J connectivity index is 1.48. The molecule has 0 radical (unpaired) electrons. The van der Waals surface area contributed by atoms with Gasteiger partial charge in [-0.1, -0.05) is 24.3 Å². The lowest BCUT2D eigenvalue weighted by atomic mass is 9.79. The summed E-state index contributed by atoms with van der Waals surface area (Å²) in [5.74, 6) is -0.00823. The first-order chi connectivity index (χ1) is 16.1. The molecule has 0 unspecified atom stereocenters. The van der Waals surface area contributed by atoms with Crippen LogP contribution in [0.5, 0.6) is 0 Å². The van der Waals surface area contributed by atoms with Crippen LogP contribution in [0.3, 0.4) is 0 Å². The highest BCUT2D eigenvalue weighted by Crippen LogP contribution is 2.36. The number of aromatic nitrogens is 2. The fraction of sp³-hybridized carbons (Fsp3) is 0.462. The number of rotatable bonds is 4. The molecule has 0 bridgehead atoms. The number of hydrogen-bond donors (Lipinski definition) is 0. The number of hydrogen-bond acceptors (Lipinski definition) is 4. The van der Waals surface area contributed by atoms with E-state index in [-0.39, 0.29) is 24.2 Å². The minimum absolute atomic E-state index is 0.00823. The third kappa shape index (κ3) is 3.69. The van der Waals surface area contributed by atoms with E-state index in [1.54, 1.807) is 9.13 Å². The van der Waals surface area contributed by atoms with Crippen LogP contribution in [0.25, 0.3) is 16.7 Å². The first kappa shape index (κ1) is 22.9. The van der Waals surface area contributed by atoms with Crippen molar-refractivity contribution in [1.82, 2.24) is 14.0 Å². The molecule has 7 nitrogen and oxygen atoms in total. The summed E-state index contributed by atoms with van der Waals surface area (Å²) in [7, 11) is -0.461. The molecular weight excluding hydrogens is 429 g/mol. The Morgan fingerprint density at radius 2 is 1.62 bits per heavy atom. The van der Waals surface area contributed by atoms with Gasteiger partial charge in [0.05, 0.1) is 27.9 Å². The number of nitrogens with zero attached hydrogens (tertiary/aromatic N) is 3. The molecule has 0 spiro atoms. The highest BCUT2D eigenvalue weighted by molar-refractivity contribution is 6.62. The maximum Gasteiger partial charge on any atom is 0.494 e. The average Bonchev–Trinajstić information content (AvgIpc) is 3.40. The molecule has 2 saturated heterocycles. The molecular formula is C26H32BN3O4. The summed E-state index contributed by atoms with van der Waals surface area (Å²) in [6.45, 7) is 11.0. The Hall–Kier alpha value is -2.84. The van der Waals surface area contributed by atoms with Crippen molar-refractivity contribution in [2.75, 3.05) is 6.54 Å². The van der Waals surface area contributed by atoms with Gasteiger partial charge in [-0.25, -0.2) is 4.79 Å². The van der Waals surface area contributed by atoms with Gasteiger partial charge in [0.25, 0.3) is 0 Å². The normalized spacial score (nSPS) is 21.5. The van der Waals surface area contributed by atoms with Gasteiger partial charge in [-0.05, 0) is 77.2 Å². The van der Waals surface area contributed by atoms with Crippen LogP contribution in [0.4, 0.5) is 0 Å². The van der Waals surface area contributed by atoms with Crippen molar-refractivity contribution >= 4 is 29.5 Å². The largest absolute Gasteiger partial charge is 0.494 e. The number of carbonyl (C=O) groups excluding carboxylic acids is 1. The molecule has 1 amide bonds. The van der Waals surface area contributed by atoms with E-state index in [0.717, 1.165) is 41.6 Å². The molecule has 5 rings (SSSR count). The summed E-state index contributed by atoms with van der Waals surface area (Å²) in [5, 5.41) is 0. The van der Waals surface area contributed by atoms with Gasteiger partial charge in [0.1, 0.15) is 6.54 Å². The van der Waals surface area contributed by atoms with Crippen LogP contribution in [0, 0.1) is 0 Å². The van der Waals surface area contributed by atoms with Crippen LogP contribution < -0.4 is 11.2 Å². The van der Waals surface area contributed by atoms with Crippen LogP contribution >= 0.6 is 0 Å². The zero-order chi connectivity index (χ0) is 24.3. The quantitative estimate of drug-likeness (QED) is 0.561. The van der Waals surface area contributed by atoms with Crippen molar-refractivity contribution in [2.24, 2.45) is 0 Å². The number of carbonyl (C=O) groups is 1. The predicted molar refractivity (Wildman–Crippen MR) is 134 cm³/mol. The van der Waals surface area contributed by atoms with Gasteiger partial charge in [0.15, 0.2) is 0 Å². The fourth-order valence-electron chi connectivity index (χ4n) is 4.90. The van der Waals surface area contributed by atoms with E-state index in [9.17, 15) is 9.59 Å². The van der Waals surface area contributed by atoms with Crippen LogP contribution in [-0.4, -0.2) is 50.8 Å². The third-order valence-corrected chi connectivity index (χ3v) is 7.68. The van der Waals surface area contributed by atoms with Gasteiger partial charge in [-0.3, -0.25) is 13.9 Å². The number of para-hydroxylation sites is 2. The van der Waals surface area contributed by atoms with Gasteiger partial charge in [0.2, 0.25) is 5.91 Å². The zero-order valence-corrected chi connectivity index (χ0v) is 20.6. The summed E-state index contributed by atoms with van der Waals surface area (Å²) in [4.78, 5) is 28.4. The molecule has 2 aliphatic heterocycles. The lowest BCUT2D eigenvalue weighted by Crippen LogP contribution is -2.41. The van der Waals surface area contributed by atoms with Crippen LogP contribution in [0.15, 0.2) is 53.3 Å². The van der Waals surface area contributed by atoms with Crippen molar-refractivity contribution in [2.45, 2.75) is 71.2 Å². The first-order valence-corrected chi connectivity index (χ1v) is 12.0. The van der Waals surface area contributed by atoms with E-state index in [1.165, 1.54) is 0 Å². The highest BCUT2D eigenvalue weighted by atomic mass is 16.7. The van der Waals surface area contributed by atoms with Crippen molar-refractivity contribution in [3.05, 3.63) is 59.0 Å². The van der Waals surface area contributed by atoms with E-state index < -0.39 is 18.3 Å². The summed E-state index contributed by atoms with van der Waals surface area (Å²) < 4.78 is 15.6. The van der Waals surface area contributed by atoms with E-state index >= 15 is 0 Å². The number of amides is 1. The molecule has 2 aliphatic rings. The molecule has 0 aliphatic carbocycles. The SMILES string of the molecule is C[C@@H]1CCCN1C(=O)Cn1c(=O)n(-c2ccc(B3OC(C)(C)C(C)(C)O3)cc2)c2ccccc21. The number of imidazole rings is 1. The Morgan fingerprint density at radius 1 is 1.00 bits per heavy atom. The standard InChI is InChI=1S/C26H32BN3O4/c1-18-9-8-16-28(18)23(31)17-29-21-10-6-7-11-22(21)30(24(29)32)20-14-12-19(13-15-20)27-33-25(2,3)26(4,5)34-27/h6-7,10-15,18H,8-9,16-17H2,1-5H3/t18-/m1/s1. The topological polar surface area (TPSA) is 65.7 Å². The monoisotopic (exact) mass is 461 g/mol. The second-order valence-corrected chi connectivity index (χ2v) is 10.5. The van der Waals surface area contributed by atoms with Crippen LogP contribution in [0.1, 0.15) is 47.5 Å². The smallest absolute Gasteiger partial charge is 0.399 e. The molecule has 3 aromatic rings. The summed E-state index contributed by atoms with van der Waals surface area (Å²) >= 11 is 0. The van der Waals surface area contributed by atoms with Gasteiger partial charge in [-0.15, -0.1) is 0 Å². The molecule has 2 fully saturated rings. The molecule has 1 atom stereocenters. The Bertz CT molecular complexity index is 1280. The lowest BCUT2D eigenvalue weighted by molar-refractivity contribution is -0.132. The Kier molecular flexibility index (Phi) is 5.49. The molecule has 178 valence electrons. The molecule has 3 heterocycles. The van der Waals surface area contributed by atoms with Crippen molar-refractivity contribution in [3.63, 3.8) is 0 Å². The van der Waals surface area contributed by atoms with Gasteiger partial charge in [0, 0.05) is 12.6 Å². The van der Waals surface area contributed by atoms with Crippen molar-refractivity contribution < 1.29 is 14.1 Å². The summed E-state index contributed by atoms with van der Waals surface area (Å²) in [6, 6.07) is 15.5. The minimum atomic E-state index is -0.461.